The Morgan fingerprint density at radius 2 is 2.53 bits per heavy atom. The third-order valence-electron chi connectivity index (χ3n) is 2.24. The number of carbonyl (C=O) groups excluding carboxylic acids is 1. The molecule has 0 spiro atoms. The van der Waals surface area contributed by atoms with Crippen LogP contribution in [0.25, 0.3) is 0 Å². The second-order valence-corrected chi connectivity index (χ2v) is 3.38. The summed E-state index contributed by atoms with van der Waals surface area (Å²) >= 11 is 0. The summed E-state index contributed by atoms with van der Waals surface area (Å²) < 4.78 is 10.1. The Hall–Kier alpha value is -1.28. The molecule has 0 aliphatic carbocycles. The molecule has 0 aromatic heterocycles. The number of nitrogens with zero attached hydrogens (tertiary/aromatic N) is 2. The van der Waals surface area contributed by atoms with Gasteiger partial charge in [0.2, 0.25) is 0 Å². The maximum absolute atomic E-state index is 11.5. The van der Waals surface area contributed by atoms with E-state index < -0.39 is 12.1 Å². The molecule has 0 saturated carbocycles. The monoisotopic (exact) mass is 212 g/mol. The average Bonchev–Trinajstić information content (AvgIpc) is 2.29. The zero-order valence-corrected chi connectivity index (χ0v) is 8.94. The van der Waals surface area contributed by atoms with Crippen molar-refractivity contribution in [2.75, 3.05) is 26.4 Å². The highest BCUT2D eigenvalue weighted by atomic mass is 16.6. The molecule has 1 rings (SSSR count). The molecule has 1 unspecified atom stereocenters. The maximum atomic E-state index is 11.5. The van der Waals surface area contributed by atoms with E-state index in [1.54, 1.807) is 0 Å². The van der Waals surface area contributed by atoms with Gasteiger partial charge in [-0.25, -0.2) is 4.79 Å². The summed E-state index contributed by atoms with van der Waals surface area (Å²) in [5.41, 5.74) is 0. The lowest BCUT2D eigenvalue weighted by Gasteiger charge is -2.30. The van der Waals surface area contributed by atoms with Crippen LogP contribution in [0.15, 0.2) is 0 Å². The first kappa shape index (κ1) is 11.8. The van der Waals surface area contributed by atoms with Gasteiger partial charge in [0.1, 0.15) is 6.04 Å². The SMILES string of the molecule is CCCCOC(=O)N1CCOCC1C#N. The first-order valence-electron chi connectivity index (χ1n) is 5.20. The summed E-state index contributed by atoms with van der Waals surface area (Å²) in [6.45, 7) is 3.63. The zero-order chi connectivity index (χ0) is 11.1. The predicted octanol–water partition coefficient (Wildman–Crippen LogP) is 1.15. The van der Waals surface area contributed by atoms with Crippen LogP contribution in [0.4, 0.5) is 4.79 Å². The van der Waals surface area contributed by atoms with Gasteiger partial charge in [0.05, 0.1) is 25.9 Å². The quantitative estimate of drug-likeness (QED) is 0.658. The minimum Gasteiger partial charge on any atom is -0.449 e. The largest absolute Gasteiger partial charge is 0.449 e. The van der Waals surface area contributed by atoms with Gasteiger partial charge < -0.3 is 9.47 Å². The number of morpholine rings is 1. The van der Waals surface area contributed by atoms with Crippen molar-refractivity contribution < 1.29 is 14.3 Å². The minimum atomic E-state index is -0.507. The van der Waals surface area contributed by atoms with E-state index in [1.165, 1.54) is 4.90 Å². The molecule has 1 aliphatic heterocycles. The van der Waals surface area contributed by atoms with Gasteiger partial charge in [-0.1, -0.05) is 13.3 Å². The first-order valence-corrected chi connectivity index (χ1v) is 5.20. The number of amides is 1. The fourth-order valence-corrected chi connectivity index (χ4v) is 1.32. The molecule has 0 aromatic carbocycles. The van der Waals surface area contributed by atoms with Gasteiger partial charge in [0.25, 0.3) is 0 Å². The van der Waals surface area contributed by atoms with Crippen molar-refractivity contribution >= 4 is 6.09 Å². The Morgan fingerprint density at radius 1 is 1.73 bits per heavy atom. The zero-order valence-electron chi connectivity index (χ0n) is 8.94. The van der Waals surface area contributed by atoms with E-state index in [2.05, 4.69) is 0 Å². The van der Waals surface area contributed by atoms with Gasteiger partial charge >= 0.3 is 6.09 Å². The highest BCUT2D eigenvalue weighted by molar-refractivity contribution is 5.68. The van der Waals surface area contributed by atoms with Crippen molar-refractivity contribution in [3.63, 3.8) is 0 Å². The van der Waals surface area contributed by atoms with Gasteiger partial charge in [-0.2, -0.15) is 5.26 Å². The van der Waals surface area contributed by atoms with Crippen molar-refractivity contribution in [1.82, 2.24) is 4.90 Å². The molecule has 5 heteroatoms. The Kier molecular flexibility index (Phi) is 4.91. The topological polar surface area (TPSA) is 62.6 Å². The van der Waals surface area contributed by atoms with Crippen molar-refractivity contribution in [2.45, 2.75) is 25.8 Å². The van der Waals surface area contributed by atoms with E-state index in [1.807, 2.05) is 13.0 Å². The van der Waals surface area contributed by atoms with Gasteiger partial charge in [0.15, 0.2) is 0 Å². The van der Waals surface area contributed by atoms with Crippen molar-refractivity contribution in [2.24, 2.45) is 0 Å². The van der Waals surface area contributed by atoms with Crippen LogP contribution >= 0.6 is 0 Å². The van der Waals surface area contributed by atoms with E-state index in [-0.39, 0.29) is 6.61 Å². The number of nitriles is 1. The molecule has 5 nitrogen and oxygen atoms in total. The highest BCUT2D eigenvalue weighted by Gasteiger charge is 2.27. The van der Waals surface area contributed by atoms with E-state index in [0.717, 1.165) is 12.8 Å². The van der Waals surface area contributed by atoms with Crippen LogP contribution in [-0.2, 0) is 9.47 Å². The summed E-state index contributed by atoms with van der Waals surface area (Å²) in [5.74, 6) is 0. The average molecular weight is 212 g/mol. The second-order valence-electron chi connectivity index (χ2n) is 3.38. The van der Waals surface area contributed by atoms with Gasteiger partial charge in [-0.3, -0.25) is 4.90 Å². The number of hydrogen-bond acceptors (Lipinski definition) is 4. The van der Waals surface area contributed by atoms with E-state index in [0.29, 0.717) is 19.8 Å². The third-order valence-corrected chi connectivity index (χ3v) is 2.24. The molecule has 1 atom stereocenters. The smallest absolute Gasteiger partial charge is 0.411 e. The summed E-state index contributed by atoms with van der Waals surface area (Å²) in [4.78, 5) is 13.0. The van der Waals surface area contributed by atoms with Gasteiger partial charge in [-0.15, -0.1) is 0 Å². The number of unbranched alkanes of at least 4 members (excludes halogenated alkanes) is 1. The molecule has 0 bridgehead atoms. The maximum Gasteiger partial charge on any atom is 0.411 e. The summed E-state index contributed by atoms with van der Waals surface area (Å²) in [5, 5.41) is 8.80. The minimum absolute atomic E-state index is 0.277. The Balaban J connectivity index is 2.39. The highest BCUT2D eigenvalue weighted by Crippen LogP contribution is 2.08. The number of rotatable bonds is 3. The van der Waals surface area contributed by atoms with Crippen molar-refractivity contribution in [3.05, 3.63) is 0 Å². The first-order chi connectivity index (χ1) is 7.29. The number of carbonyl (C=O) groups is 1. The lowest BCUT2D eigenvalue weighted by molar-refractivity contribution is 0.00727. The van der Waals surface area contributed by atoms with E-state index >= 15 is 0 Å². The van der Waals surface area contributed by atoms with Crippen LogP contribution < -0.4 is 0 Å². The molecule has 1 amide bonds. The van der Waals surface area contributed by atoms with Crippen LogP contribution in [0, 0.1) is 11.3 Å². The predicted molar refractivity (Wildman–Crippen MR) is 53.2 cm³/mol. The van der Waals surface area contributed by atoms with Gasteiger partial charge in [-0.05, 0) is 6.42 Å². The van der Waals surface area contributed by atoms with E-state index in [4.69, 9.17) is 14.7 Å². The van der Waals surface area contributed by atoms with Crippen LogP contribution in [-0.4, -0.2) is 43.4 Å². The fourth-order valence-electron chi connectivity index (χ4n) is 1.32. The fraction of sp³-hybridized carbons (Fsp3) is 0.800. The summed E-state index contributed by atoms with van der Waals surface area (Å²) in [6, 6.07) is 1.52. The molecular weight excluding hydrogens is 196 g/mol. The Bertz CT molecular complexity index is 250. The molecule has 84 valence electrons. The molecular formula is C10H16N2O3. The molecule has 0 N–H and O–H groups in total. The molecule has 0 radical (unpaired) electrons. The molecule has 1 saturated heterocycles. The Morgan fingerprint density at radius 3 is 3.20 bits per heavy atom. The second kappa shape index (κ2) is 6.25. The summed E-state index contributed by atoms with van der Waals surface area (Å²) in [6.07, 6.45) is 1.43. The van der Waals surface area contributed by atoms with Gasteiger partial charge in [0, 0.05) is 6.54 Å². The summed E-state index contributed by atoms with van der Waals surface area (Å²) in [7, 11) is 0. The standard InChI is InChI=1S/C10H16N2O3/c1-2-3-5-15-10(13)12-4-6-14-8-9(12)7-11/h9H,2-6,8H2,1H3. The molecule has 1 heterocycles. The van der Waals surface area contributed by atoms with Crippen molar-refractivity contribution in [3.8, 4) is 6.07 Å². The van der Waals surface area contributed by atoms with Crippen LogP contribution in [0.2, 0.25) is 0 Å². The Labute approximate surface area is 89.6 Å². The van der Waals surface area contributed by atoms with Crippen LogP contribution in [0.1, 0.15) is 19.8 Å². The number of hydrogen-bond donors (Lipinski definition) is 0. The van der Waals surface area contributed by atoms with Crippen molar-refractivity contribution in [1.29, 1.82) is 5.26 Å². The normalized spacial score (nSPS) is 20.8. The lowest BCUT2D eigenvalue weighted by atomic mass is 10.3. The van der Waals surface area contributed by atoms with Crippen LogP contribution in [0.3, 0.4) is 0 Å². The number of ether oxygens (including phenoxy) is 2. The lowest BCUT2D eigenvalue weighted by Crippen LogP contribution is -2.48. The molecule has 15 heavy (non-hydrogen) atoms. The van der Waals surface area contributed by atoms with Crippen LogP contribution in [0.5, 0.6) is 0 Å². The van der Waals surface area contributed by atoms with E-state index in [9.17, 15) is 4.79 Å². The molecule has 1 fully saturated rings. The molecule has 0 aromatic rings. The third kappa shape index (κ3) is 3.40. The molecule has 1 aliphatic rings.